The minimum Gasteiger partial charge on any atom is -0.480 e. The van der Waals surface area contributed by atoms with Gasteiger partial charge in [-0.3, -0.25) is 14.6 Å². The average molecular weight is 351 g/mol. The summed E-state index contributed by atoms with van der Waals surface area (Å²) < 4.78 is 13.9. The molecular formula is C10H7FINO4. The number of carbonyl (C=O) groups is 2. The summed E-state index contributed by atoms with van der Waals surface area (Å²) in [6, 6.07) is 4.13. The van der Waals surface area contributed by atoms with Gasteiger partial charge in [-0.1, -0.05) is 0 Å². The Morgan fingerprint density at radius 3 is 2.41 bits per heavy atom. The smallest absolute Gasteiger partial charge is 0.323 e. The van der Waals surface area contributed by atoms with Gasteiger partial charge in [0.25, 0.3) is 0 Å². The maximum absolute atomic E-state index is 13.3. The highest BCUT2D eigenvalue weighted by Crippen LogP contribution is 2.19. The molecule has 0 bridgehead atoms. The van der Waals surface area contributed by atoms with Gasteiger partial charge in [0.2, 0.25) is 0 Å². The molecule has 1 rings (SSSR count). The largest absolute Gasteiger partial charge is 0.480 e. The van der Waals surface area contributed by atoms with E-state index in [1.54, 1.807) is 6.07 Å². The number of aliphatic carboxylic acids is 2. The third-order valence-electron chi connectivity index (χ3n) is 1.80. The van der Waals surface area contributed by atoms with E-state index in [-0.39, 0.29) is 5.69 Å². The number of carboxylic acid groups (broad SMARTS) is 2. The zero-order valence-electron chi connectivity index (χ0n) is 8.30. The van der Waals surface area contributed by atoms with Crippen LogP contribution in [-0.2, 0) is 9.59 Å². The molecule has 5 nitrogen and oxygen atoms in total. The Morgan fingerprint density at radius 1 is 1.35 bits per heavy atom. The summed E-state index contributed by atoms with van der Waals surface area (Å²) in [5, 5.41) is 17.1. The molecule has 0 aliphatic carbocycles. The highest BCUT2D eigenvalue weighted by Gasteiger charge is 2.23. The SMILES string of the molecule is O=C(O)C(C=Nc1ccc(I)cc1F)C(=O)O. The second-order valence-electron chi connectivity index (χ2n) is 3.03. The highest BCUT2D eigenvalue weighted by atomic mass is 127. The molecule has 0 amide bonds. The molecule has 0 unspecified atom stereocenters. The van der Waals surface area contributed by atoms with Crippen molar-refractivity contribution < 1.29 is 24.2 Å². The summed E-state index contributed by atoms with van der Waals surface area (Å²) in [6.45, 7) is 0. The number of hydrogen-bond acceptors (Lipinski definition) is 3. The lowest BCUT2D eigenvalue weighted by molar-refractivity contribution is -0.150. The summed E-state index contributed by atoms with van der Waals surface area (Å²) in [4.78, 5) is 24.6. The molecule has 17 heavy (non-hydrogen) atoms. The molecule has 90 valence electrons. The third kappa shape index (κ3) is 3.77. The first-order chi connectivity index (χ1) is 7.91. The van der Waals surface area contributed by atoms with Crippen molar-refractivity contribution in [1.82, 2.24) is 0 Å². The summed E-state index contributed by atoms with van der Waals surface area (Å²) >= 11 is 1.91. The molecule has 1 aromatic carbocycles. The van der Waals surface area contributed by atoms with Crippen molar-refractivity contribution in [1.29, 1.82) is 0 Å². The Hall–Kier alpha value is -1.51. The van der Waals surface area contributed by atoms with Gasteiger partial charge < -0.3 is 10.2 Å². The van der Waals surface area contributed by atoms with Gasteiger partial charge in [-0.15, -0.1) is 0 Å². The Labute approximate surface area is 109 Å². The Balaban J connectivity index is 2.96. The normalized spacial score (nSPS) is 11.0. The monoisotopic (exact) mass is 351 g/mol. The van der Waals surface area contributed by atoms with Gasteiger partial charge in [0.15, 0.2) is 5.92 Å². The van der Waals surface area contributed by atoms with Crippen LogP contribution in [0.3, 0.4) is 0 Å². The topological polar surface area (TPSA) is 87.0 Å². The van der Waals surface area contributed by atoms with E-state index >= 15 is 0 Å². The predicted molar refractivity (Wildman–Crippen MR) is 66.0 cm³/mol. The van der Waals surface area contributed by atoms with Gasteiger partial charge in [0, 0.05) is 9.78 Å². The summed E-state index contributed by atoms with van der Waals surface area (Å²) in [5.41, 5.74) is -0.0992. The van der Waals surface area contributed by atoms with E-state index in [1.807, 2.05) is 22.6 Å². The molecule has 0 aliphatic heterocycles. The molecule has 0 spiro atoms. The molecule has 0 atom stereocenters. The molecular weight excluding hydrogens is 344 g/mol. The molecule has 0 radical (unpaired) electrons. The molecule has 0 fully saturated rings. The fourth-order valence-electron chi connectivity index (χ4n) is 0.974. The lowest BCUT2D eigenvalue weighted by atomic mass is 10.2. The van der Waals surface area contributed by atoms with Crippen LogP contribution in [0.4, 0.5) is 10.1 Å². The Bertz CT molecular complexity index is 475. The van der Waals surface area contributed by atoms with E-state index in [2.05, 4.69) is 4.99 Å². The molecule has 0 saturated carbocycles. The van der Waals surface area contributed by atoms with Crippen molar-refractivity contribution >= 4 is 46.4 Å². The number of carboxylic acids is 2. The summed E-state index contributed by atoms with van der Waals surface area (Å²) in [7, 11) is 0. The maximum atomic E-state index is 13.3. The zero-order valence-corrected chi connectivity index (χ0v) is 10.5. The number of hydrogen-bond donors (Lipinski definition) is 2. The van der Waals surface area contributed by atoms with Gasteiger partial charge in [-0.2, -0.15) is 0 Å². The third-order valence-corrected chi connectivity index (χ3v) is 2.48. The number of rotatable bonds is 4. The van der Waals surface area contributed by atoms with Gasteiger partial charge in [0.05, 0.1) is 5.69 Å². The van der Waals surface area contributed by atoms with Crippen LogP contribution in [-0.4, -0.2) is 28.4 Å². The Kier molecular flexibility index (Phi) is 4.55. The van der Waals surface area contributed by atoms with Crippen molar-refractivity contribution in [2.75, 3.05) is 0 Å². The van der Waals surface area contributed by atoms with Crippen LogP contribution < -0.4 is 0 Å². The lowest BCUT2D eigenvalue weighted by Crippen LogP contribution is -2.24. The minimum absolute atomic E-state index is 0.0992. The second-order valence-corrected chi connectivity index (χ2v) is 4.27. The first kappa shape index (κ1) is 13.6. The quantitative estimate of drug-likeness (QED) is 0.493. The van der Waals surface area contributed by atoms with Crippen LogP contribution in [0.25, 0.3) is 0 Å². The van der Waals surface area contributed by atoms with Gasteiger partial charge >= 0.3 is 11.9 Å². The fourth-order valence-corrected chi connectivity index (χ4v) is 1.43. The van der Waals surface area contributed by atoms with E-state index in [1.165, 1.54) is 12.1 Å². The standard InChI is InChI=1S/C10H7FINO4/c11-7-3-5(12)1-2-8(7)13-4-6(9(14)15)10(16)17/h1-4,6H,(H,14,15)(H,16,17). The number of halogens is 2. The second kappa shape index (κ2) is 5.71. The zero-order chi connectivity index (χ0) is 13.0. The lowest BCUT2D eigenvalue weighted by Gasteiger charge is -2.01. The highest BCUT2D eigenvalue weighted by molar-refractivity contribution is 14.1. The molecule has 7 heteroatoms. The number of nitrogens with zero attached hydrogens (tertiary/aromatic N) is 1. The number of aliphatic imine (C=N–C) groups is 1. The first-order valence-corrected chi connectivity index (χ1v) is 5.44. The molecule has 1 aromatic rings. The van der Waals surface area contributed by atoms with E-state index in [4.69, 9.17) is 10.2 Å². The van der Waals surface area contributed by atoms with Crippen LogP contribution in [0, 0.1) is 15.3 Å². The molecule has 0 aromatic heterocycles. The molecule has 2 N–H and O–H groups in total. The fraction of sp³-hybridized carbons (Fsp3) is 0.100. The van der Waals surface area contributed by atoms with Crippen LogP contribution in [0.1, 0.15) is 0 Å². The van der Waals surface area contributed by atoms with Crippen molar-refractivity contribution in [2.45, 2.75) is 0 Å². The average Bonchev–Trinajstić information content (AvgIpc) is 2.20. The first-order valence-electron chi connectivity index (χ1n) is 4.36. The number of benzene rings is 1. The van der Waals surface area contributed by atoms with Crippen LogP contribution in [0.15, 0.2) is 23.2 Å². The van der Waals surface area contributed by atoms with Crippen molar-refractivity contribution in [2.24, 2.45) is 10.9 Å². The minimum atomic E-state index is -1.78. The van der Waals surface area contributed by atoms with Crippen LogP contribution >= 0.6 is 22.6 Å². The molecule has 0 aliphatic rings. The van der Waals surface area contributed by atoms with Crippen LogP contribution in [0.2, 0.25) is 0 Å². The Morgan fingerprint density at radius 2 is 1.94 bits per heavy atom. The summed E-state index contributed by atoms with van der Waals surface area (Å²) in [6.07, 6.45) is 0.690. The molecule has 0 heterocycles. The van der Waals surface area contributed by atoms with E-state index in [0.29, 0.717) is 9.78 Å². The summed E-state index contributed by atoms with van der Waals surface area (Å²) in [5.74, 6) is -5.52. The maximum Gasteiger partial charge on any atom is 0.323 e. The van der Waals surface area contributed by atoms with Gasteiger partial charge in [0.1, 0.15) is 5.82 Å². The van der Waals surface area contributed by atoms with E-state index in [0.717, 1.165) is 0 Å². The van der Waals surface area contributed by atoms with Crippen molar-refractivity contribution in [3.63, 3.8) is 0 Å². The van der Waals surface area contributed by atoms with Crippen LogP contribution in [0.5, 0.6) is 0 Å². The van der Waals surface area contributed by atoms with Crippen molar-refractivity contribution in [3.8, 4) is 0 Å². The van der Waals surface area contributed by atoms with Gasteiger partial charge in [-0.05, 0) is 40.8 Å². The predicted octanol–water partition coefficient (Wildman–Crippen LogP) is 1.92. The van der Waals surface area contributed by atoms with E-state index in [9.17, 15) is 14.0 Å². The molecule has 0 saturated heterocycles. The van der Waals surface area contributed by atoms with Crippen molar-refractivity contribution in [3.05, 3.63) is 27.6 Å². The van der Waals surface area contributed by atoms with Gasteiger partial charge in [-0.25, -0.2) is 4.39 Å². The van der Waals surface area contributed by atoms with E-state index < -0.39 is 23.7 Å².